The second-order valence-corrected chi connectivity index (χ2v) is 8.41. The first-order valence-corrected chi connectivity index (χ1v) is 9.83. The summed E-state index contributed by atoms with van der Waals surface area (Å²) in [4.78, 5) is 7.66. The molecule has 7 heteroatoms. The quantitative estimate of drug-likeness (QED) is 0.184. The van der Waals surface area contributed by atoms with Crippen LogP contribution in [0.5, 0.6) is 0 Å². The Morgan fingerprint density at radius 2 is 1.71 bits per heavy atom. The Labute approximate surface area is 166 Å². The summed E-state index contributed by atoms with van der Waals surface area (Å²) >= 11 is -0.338. The first-order valence-electron chi connectivity index (χ1n) is 9.62. The fraction of sp³-hybridized carbons (Fsp3) is 0.0476. The Kier molecular flexibility index (Phi) is 3.12. The number of alkyl halides is 3. The summed E-state index contributed by atoms with van der Waals surface area (Å²) in [5, 5.41) is -0.530. The van der Waals surface area contributed by atoms with Crippen molar-refractivity contribution in [3.05, 3.63) is 72.2 Å². The van der Waals surface area contributed by atoms with E-state index >= 15 is 4.39 Å². The number of rotatable bonds is 1. The molecule has 0 aliphatic heterocycles. The van der Waals surface area contributed by atoms with Gasteiger partial charge in [-0.1, -0.05) is 0 Å². The van der Waals surface area contributed by atoms with E-state index in [0.717, 1.165) is 21.8 Å². The van der Waals surface area contributed by atoms with E-state index in [4.69, 9.17) is 4.11 Å². The van der Waals surface area contributed by atoms with Crippen molar-refractivity contribution in [2.45, 2.75) is 6.18 Å². The summed E-state index contributed by atoms with van der Waals surface area (Å²) in [5.74, 6) is -0.992. The Morgan fingerprint density at radius 1 is 0.964 bits per heavy atom. The molecule has 0 amide bonds. The Hall–Kier alpha value is -2.76. The van der Waals surface area contributed by atoms with Gasteiger partial charge >= 0.3 is 166 Å². The number of nitrogens with zero attached hydrogens (tertiary/aromatic N) is 2. The van der Waals surface area contributed by atoms with Gasteiger partial charge in [-0.2, -0.15) is 0 Å². The Balaban J connectivity index is 2.01. The van der Waals surface area contributed by atoms with Crippen molar-refractivity contribution < 1.29 is 21.7 Å². The third kappa shape index (κ3) is 2.54. The average molecular weight is 448 g/mol. The average Bonchev–Trinajstić information content (AvgIpc) is 3.12. The van der Waals surface area contributed by atoms with E-state index in [1.54, 1.807) is 6.07 Å². The van der Waals surface area contributed by atoms with Crippen LogP contribution >= 0.6 is 0 Å². The summed E-state index contributed by atoms with van der Waals surface area (Å²) in [6, 6.07) is 10.0. The SMILES string of the molecule is [2H]c1nc(-c2cc3ccccc3[se]2)c2c(F)c3cc([2H])c([2H])cc3c(C(F)(F)F)c2n1. The first-order chi connectivity index (χ1) is 14.6. The molecule has 28 heavy (non-hydrogen) atoms. The Bertz CT molecular complexity index is 1500. The molecule has 2 heterocycles. The van der Waals surface area contributed by atoms with Crippen LogP contribution in [0.25, 0.3) is 41.5 Å². The van der Waals surface area contributed by atoms with Gasteiger partial charge in [-0.25, -0.2) is 0 Å². The molecule has 2 nitrogen and oxygen atoms in total. The number of hydrogen-bond acceptors (Lipinski definition) is 2. The molecule has 0 radical (unpaired) electrons. The number of hydrogen-bond donors (Lipinski definition) is 0. The van der Waals surface area contributed by atoms with E-state index in [1.807, 2.05) is 24.3 Å². The van der Waals surface area contributed by atoms with E-state index in [-0.39, 0.29) is 20.2 Å². The molecule has 0 unspecified atom stereocenters. The number of aromatic nitrogens is 2. The van der Waals surface area contributed by atoms with Crippen molar-refractivity contribution >= 4 is 45.8 Å². The van der Waals surface area contributed by atoms with Gasteiger partial charge in [0, 0.05) is 0 Å². The molecule has 3 aromatic carbocycles. The van der Waals surface area contributed by atoms with Crippen molar-refractivity contribution in [1.29, 1.82) is 0 Å². The van der Waals surface area contributed by atoms with Gasteiger partial charge in [0.25, 0.3) is 0 Å². The molecular formula is C21H10F4N2Se. The second kappa shape index (κ2) is 6.12. The van der Waals surface area contributed by atoms with Crippen LogP contribution in [0.3, 0.4) is 0 Å². The van der Waals surface area contributed by atoms with Crippen molar-refractivity contribution in [2.75, 3.05) is 0 Å². The summed E-state index contributed by atoms with van der Waals surface area (Å²) in [7, 11) is 0. The molecule has 0 spiro atoms. The third-order valence-corrected chi connectivity index (χ3v) is 6.86. The van der Waals surface area contributed by atoms with Gasteiger partial charge in [-0.15, -0.1) is 0 Å². The normalized spacial score (nSPS) is 13.8. The summed E-state index contributed by atoms with van der Waals surface area (Å²) in [6.45, 7) is 0. The molecule has 0 fully saturated rings. The minimum absolute atomic E-state index is 0.0439. The zero-order chi connectivity index (χ0) is 22.1. The van der Waals surface area contributed by atoms with Crippen LogP contribution in [0.2, 0.25) is 0 Å². The molecular weight excluding hydrogens is 435 g/mol. The standard InChI is InChI=1S/C21H10F4N2Se/c22-18-13-7-3-2-6-12(13)17(21(23,24)25)20-16(18)19(26-10-27-20)15-9-11-5-1-4-8-14(11)28-15/h1-10H/i2D,3D,10D. The van der Waals surface area contributed by atoms with Crippen LogP contribution in [0.15, 0.2) is 60.9 Å². The molecule has 0 aliphatic rings. The molecule has 0 saturated heterocycles. The maximum absolute atomic E-state index is 15.6. The predicted molar refractivity (Wildman–Crippen MR) is 102 cm³/mol. The van der Waals surface area contributed by atoms with Gasteiger partial charge in [0.05, 0.1) is 0 Å². The number of benzene rings is 3. The van der Waals surface area contributed by atoms with E-state index in [0.29, 0.717) is 4.44 Å². The third-order valence-electron chi connectivity index (χ3n) is 4.51. The van der Waals surface area contributed by atoms with Crippen molar-refractivity contribution in [1.82, 2.24) is 9.97 Å². The van der Waals surface area contributed by atoms with E-state index < -0.39 is 57.6 Å². The second-order valence-electron chi connectivity index (χ2n) is 6.14. The summed E-state index contributed by atoms with van der Waals surface area (Å²) in [5.41, 5.74) is -1.98. The van der Waals surface area contributed by atoms with Gasteiger partial charge in [0.15, 0.2) is 0 Å². The van der Waals surface area contributed by atoms with Gasteiger partial charge < -0.3 is 0 Å². The fourth-order valence-corrected chi connectivity index (χ4v) is 5.56. The first kappa shape index (κ1) is 14.3. The van der Waals surface area contributed by atoms with Crippen molar-refractivity contribution in [2.24, 2.45) is 0 Å². The van der Waals surface area contributed by atoms with Crippen molar-refractivity contribution in [3.8, 4) is 10.1 Å². The van der Waals surface area contributed by atoms with Gasteiger partial charge in [0.2, 0.25) is 0 Å². The molecule has 0 bridgehead atoms. The molecule has 0 aliphatic carbocycles. The topological polar surface area (TPSA) is 25.8 Å². The summed E-state index contributed by atoms with van der Waals surface area (Å²) < 4.78 is 82.9. The predicted octanol–water partition coefficient (Wildman–Crippen LogP) is 5.82. The fourth-order valence-electron chi connectivity index (χ4n) is 3.34. The zero-order valence-corrected chi connectivity index (χ0v) is 15.6. The van der Waals surface area contributed by atoms with Crippen LogP contribution in [0.4, 0.5) is 17.6 Å². The van der Waals surface area contributed by atoms with Crippen LogP contribution in [0, 0.1) is 5.82 Å². The summed E-state index contributed by atoms with van der Waals surface area (Å²) in [6.07, 6.45) is -5.57. The van der Waals surface area contributed by atoms with E-state index in [9.17, 15) is 13.2 Å². The van der Waals surface area contributed by atoms with E-state index in [1.165, 1.54) is 0 Å². The molecule has 5 aromatic rings. The monoisotopic (exact) mass is 449 g/mol. The zero-order valence-electron chi connectivity index (χ0n) is 16.9. The van der Waals surface area contributed by atoms with Gasteiger partial charge in [-0.3, -0.25) is 0 Å². The molecule has 0 N–H and O–H groups in total. The van der Waals surface area contributed by atoms with Crippen molar-refractivity contribution in [3.63, 3.8) is 0 Å². The Morgan fingerprint density at radius 3 is 2.46 bits per heavy atom. The molecule has 138 valence electrons. The molecule has 0 atom stereocenters. The number of halogens is 4. The molecule has 0 saturated carbocycles. The maximum atomic E-state index is 15.6. The molecule has 5 rings (SSSR count). The van der Waals surface area contributed by atoms with E-state index in [2.05, 4.69) is 9.97 Å². The van der Waals surface area contributed by atoms with Crippen LogP contribution in [0.1, 0.15) is 9.68 Å². The number of fused-ring (bicyclic) bond motifs is 3. The minimum atomic E-state index is -4.92. The van der Waals surface area contributed by atoms with Gasteiger partial charge in [0.1, 0.15) is 0 Å². The van der Waals surface area contributed by atoms with Gasteiger partial charge in [-0.05, 0) is 0 Å². The van der Waals surface area contributed by atoms with Crippen LogP contribution in [-0.4, -0.2) is 24.5 Å². The molecule has 2 aromatic heterocycles. The van der Waals surface area contributed by atoms with Crippen LogP contribution < -0.4 is 0 Å². The van der Waals surface area contributed by atoms with Crippen LogP contribution in [-0.2, 0) is 6.18 Å².